The largest absolute Gasteiger partial charge is 0.493 e. The summed E-state index contributed by atoms with van der Waals surface area (Å²) in [7, 11) is 1.50. The van der Waals surface area contributed by atoms with E-state index < -0.39 is 5.91 Å². The maximum Gasteiger partial charge on any atom is 0.255 e. The van der Waals surface area contributed by atoms with E-state index in [1.165, 1.54) is 7.11 Å². The van der Waals surface area contributed by atoms with Crippen molar-refractivity contribution >= 4 is 17.5 Å². The summed E-state index contributed by atoms with van der Waals surface area (Å²) in [6, 6.07) is 11.2. The van der Waals surface area contributed by atoms with Crippen LogP contribution in [0.2, 0.25) is 0 Å². The molecule has 29 heavy (non-hydrogen) atoms. The summed E-state index contributed by atoms with van der Waals surface area (Å²) in [4.78, 5) is 23.7. The monoisotopic (exact) mass is 395 g/mol. The summed E-state index contributed by atoms with van der Waals surface area (Å²) < 4.78 is 16.3. The number of nitrogens with two attached hydrogens (primary N) is 1. The first-order valence-electron chi connectivity index (χ1n) is 8.83. The average Bonchev–Trinajstić information content (AvgIpc) is 3.04. The van der Waals surface area contributed by atoms with E-state index in [0.29, 0.717) is 34.1 Å². The Labute approximate surface area is 167 Å². The Morgan fingerprint density at radius 3 is 2.34 bits per heavy atom. The number of hydrogen-bond donors (Lipinski definition) is 2. The molecule has 8 nitrogen and oxygen atoms in total. The lowest BCUT2D eigenvalue weighted by atomic mass is 10.1. The van der Waals surface area contributed by atoms with Gasteiger partial charge >= 0.3 is 0 Å². The number of hydrogen-bond acceptors (Lipinski definition) is 6. The molecule has 0 atom stereocenters. The summed E-state index contributed by atoms with van der Waals surface area (Å²) >= 11 is 0. The first-order chi connectivity index (χ1) is 13.9. The minimum atomic E-state index is -0.528. The summed E-state index contributed by atoms with van der Waals surface area (Å²) in [6.45, 7) is 3.93. The van der Waals surface area contributed by atoms with Gasteiger partial charge in [-0.25, -0.2) is 0 Å². The molecule has 0 radical (unpaired) electrons. The molecule has 0 fully saturated rings. The first kappa shape index (κ1) is 19.9. The minimum Gasteiger partial charge on any atom is -0.493 e. The van der Waals surface area contributed by atoms with E-state index in [0.717, 1.165) is 11.3 Å². The molecule has 150 valence electrons. The molecular weight excluding hydrogens is 374 g/mol. The second kappa shape index (κ2) is 8.47. The third-order valence-corrected chi connectivity index (χ3v) is 4.41. The number of aromatic nitrogens is 1. The Balaban J connectivity index is 1.71. The van der Waals surface area contributed by atoms with Gasteiger partial charge in [0.2, 0.25) is 5.91 Å². The highest BCUT2D eigenvalue weighted by molar-refractivity contribution is 6.05. The van der Waals surface area contributed by atoms with E-state index in [4.69, 9.17) is 19.7 Å². The molecule has 1 aromatic heterocycles. The van der Waals surface area contributed by atoms with Crippen molar-refractivity contribution in [3.63, 3.8) is 0 Å². The van der Waals surface area contributed by atoms with Crippen LogP contribution in [-0.2, 0) is 6.61 Å². The normalized spacial score (nSPS) is 10.4. The maximum absolute atomic E-state index is 12.5. The van der Waals surface area contributed by atoms with Crippen LogP contribution in [0, 0.1) is 13.8 Å². The van der Waals surface area contributed by atoms with Crippen LogP contribution in [0.15, 0.2) is 47.0 Å². The fourth-order valence-electron chi connectivity index (χ4n) is 2.71. The zero-order chi connectivity index (χ0) is 21.0. The molecule has 0 aliphatic heterocycles. The number of ether oxygens (including phenoxy) is 2. The van der Waals surface area contributed by atoms with E-state index in [-0.39, 0.29) is 12.5 Å². The van der Waals surface area contributed by atoms with Gasteiger partial charge in [-0.2, -0.15) is 0 Å². The predicted molar refractivity (Wildman–Crippen MR) is 106 cm³/mol. The Bertz CT molecular complexity index is 1020. The molecule has 1 heterocycles. The zero-order valence-electron chi connectivity index (χ0n) is 16.3. The Hall–Kier alpha value is -3.81. The van der Waals surface area contributed by atoms with Crippen molar-refractivity contribution in [2.24, 2.45) is 5.73 Å². The number of methoxy groups -OCH3 is 1. The van der Waals surface area contributed by atoms with Crippen molar-refractivity contribution in [2.75, 3.05) is 12.4 Å². The van der Waals surface area contributed by atoms with Crippen LogP contribution in [-0.4, -0.2) is 24.1 Å². The molecular formula is C21H21N3O5. The highest BCUT2D eigenvalue weighted by Gasteiger charge is 2.14. The van der Waals surface area contributed by atoms with Gasteiger partial charge in [-0.3, -0.25) is 9.59 Å². The van der Waals surface area contributed by atoms with Gasteiger partial charge in [-0.1, -0.05) is 5.16 Å². The quantitative estimate of drug-likeness (QED) is 0.634. The second-order valence-corrected chi connectivity index (χ2v) is 6.35. The third kappa shape index (κ3) is 4.55. The van der Waals surface area contributed by atoms with E-state index in [9.17, 15) is 9.59 Å². The van der Waals surface area contributed by atoms with Gasteiger partial charge in [-0.05, 0) is 56.3 Å². The highest BCUT2D eigenvalue weighted by atomic mass is 16.5. The maximum atomic E-state index is 12.5. The first-order valence-corrected chi connectivity index (χ1v) is 8.83. The molecule has 0 bridgehead atoms. The fourth-order valence-corrected chi connectivity index (χ4v) is 2.71. The Morgan fingerprint density at radius 1 is 1.07 bits per heavy atom. The van der Waals surface area contributed by atoms with E-state index in [1.54, 1.807) is 42.5 Å². The van der Waals surface area contributed by atoms with Crippen molar-refractivity contribution in [1.29, 1.82) is 0 Å². The summed E-state index contributed by atoms with van der Waals surface area (Å²) in [5, 5.41) is 6.65. The van der Waals surface area contributed by atoms with Crippen LogP contribution in [0.3, 0.4) is 0 Å². The third-order valence-electron chi connectivity index (χ3n) is 4.41. The van der Waals surface area contributed by atoms with Crippen molar-refractivity contribution in [3.05, 3.63) is 70.6 Å². The highest BCUT2D eigenvalue weighted by Crippen LogP contribution is 2.30. The Morgan fingerprint density at radius 2 is 1.76 bits per heavy atom. The summed E-state index contributed by atoms with van der Waals surface area (Å²) in [5.41, 5.74) is 8.14. The van der Waals surface area contributed by atoms with Gasteiger partial charge in [0.15, 0.2) is 11.5 Å². The van der Waals surface area contributed by atoms with Crippen LogP contribution in [0.1, 0.15) is 37.7 Å². The lowest BCUT2D eigenvalue weighted by Gasteiger charge is -2.12. The smallest absolute Gasteiger partial charge is 0.255 e. The molecule has 0 spiro atoms. The van der Waals surface area contributed by atoms with Gasteiger partial charge < -0.3 is 25.0 Å². The predicted octanol–water partition coefficient (Wildman–Crippen LogP) is 3.23. The number of nitrogens with zero attached hydrogens (tertiary/aromatic N) is 1. The summed E-state index contributed by atoms with van der Waals surface area (Å²) in [6.07, 6.45) is 0. The minimum absolute atomic E-state index is 0.273. The number of rotatable bonds is 7. The van der Waals surface area contributed by atoms with Crippen molar-refractivity contribution in [2.45, 2.75) is 20.5 Å². The lowest BCUT2D eigenvalue weighted by molar-refractivity contribution is 0.0998. The SMILES string of the molecule is COc1cc(C(=O)Nc2ccc(C(N)=O)cc2)ccc1OCc1c(C)noc1C. The molecule has 0 aliphatic carbocycles. The number of primary amides is 1. The van der Waals surface area contributed by atoms with Gasteiger partial charge in [0.1, 0.15) is 12.4 Å². The number of anilines is 1. The number of nitrogens with one attached hydrogen (secondary N) is 1. The molecule has 0 saturated carbocycles. The molecule has 3 rings (SSSR count). The lowest BCUT2D eigenvalue weighted by Crippen LogP contribution is -2.13. The number of benzene rings is 2. The molecule has 3 N–H and O–H groups in total. The van der Waals surface area contributed by atoms with Crippen LogP contribution < -0.4 is 20.5 Å². The zero-order valence-corrected chi connectivity index (χ0v) is 16.3. The van der Waals surface area contributed by atoms with Crippen molar-refractivity contribution in [1.82, 2.24) is 5.16 Å². The van der Waals surface area contributed by atoms with E-state index in [1.807, 2.05) is 13.8 Å². The Kier molecular flexibility index (Phi) is 5.82. The van der Waals surface area contributed by atoms with Crippen molar-refractivity contribution in [3.8, 4) is 11.5 Å². The van der Waals surface area contributed by atoms with Gasteiger partial charge in [-0.15, -0.1) is 0 Å². The van der Waals surface area contributed by atoms with Gasteiger partial charge in [0.05, 0.1) is 18.4 Å². The van der Waals surface area contributed by atoms with Gasteiger partial charge in [0.25, 0.3) is 5.91 Å². The molecule has 8 heteroatoms. The van der Waals surface area contributed by atoms with E-state index >= 15 is 0 Å². The molecule has 2 aromatic carbocycles. The van der Waals surface area contributed by atoms with Crippen LogP contribution in [0.5, 0.6) is 11.5 Å². The van der Waals surface area contributed by atoms with Gasteiger partial charge in [0, 0.05) is 16.8 Å². The van der Waals surface area contributed by atoms with E-state index in [2.05, 4.69) is 10.5 Å². The fraction of sp³-hybridized carbons (Fsp3) is 0.190. The number of carbonyl (C=O) groups is 2. The number of carbonyl (C=O) groups excluding carboxylic acids is 2. The molecule has 0 aliphatic rings. The van der Waals surface area contributed by atoms with Crippen molar-refractivity contribution < 1.29 is 23.6 Å². The number of aryl methyl sites for hydroxylation is 2. The van der Waals surface area contributed by atoms with Crippen LogP contribution in [0.4, 0.5) is 5.69 Å². The van der Waals surface area contributed by atoms with Crippen LogP contribution >= 0.6 is 0 Å². The molecule has 0 unspecified atom stereocenters. The number of amides is 2. The molecule has 0 saturated heterocycles. The average molecular weight is 395 g/mol. The standard InChI is InChI=1S/C21H21N3O5/c1-12-17(13(2)29-24-12)11-28-18-9-6-15(10-19(18)27-3)21(26)23-16-7-4-14(5-8-16)20(22)25/h4-10H,11H2,1-3H3,(H2,22,25)(H,23,26). The topological polar surface area (TPSA) is 117 Å². The molecule has 3 aromatic rings. The second-order valence-electron chi connectivity index (χ2n) is 6.35. The summed E-state index contributed by atoms with van der Waals surface area (Å²) in [5.74, 6) is 0.760. The van der Waals surface area contributed by atoms with Crippen LogP contribution in [0.25, 0.3) is 0 Å². The molecule has 2 amide bonds.